The summed E-state index contributed by atoms with van der Waals surface area (Å²) in [5, 5.41) is 40.3. The summed E-state index contributed by atoms with van der Waals surface area (Å²) in [6.07, 6.45) is 92.6. The molecule has 0 unspecified atom stereocenters. The van der Waals surface area contributed by atoms with Crippen LogP contribution in [-0.4, -0.2) is 0 Å². The van der Waals surface area contributed by atoms with Crippen molar-refractivity contribution in [3.8, 4) is 0 Å². The molecule has 0 radical (unpaired) electrons. The van der Waals surface area contributed by atoms with E-state index in [2.05, 4.69) is 27.7 Å². The van der Waals surface area contributed by atoms with Crippen molar-refractivity contribution in [3.63, 3.8) is 0 Å². The van der Waals surface area contributed by atoms with Gasteiger partial charge in [-0.25, -0.2) is 0 Å². The molecule has 0 bridgehead atoms. The van der Waals surface area contributed by atoms with Gasteiger partial charge in [-0.05, 0) is 51.4 Å². The van der Waals surface area contributed by atoms with Crippen molar-refractivity contribution in [3.05, 3.63) is 49.4 Å². The van der Waals surface area contributed by atoms with Crippen molar-refractivity contribution in [1.82, 2.24) is 0 Å². The Bertz CT molecular complexity index is 866. The molecular formula is C72H140O4Zr. The number of rotatable bonds is 60. The molecule has 0 saturated heterocycles. The van der Waals surface area contributed by atoms with Gasteiger partial charge in [0.25, 0.3) is 0 Å². The van der Waals surface area contributed by atoms with E-state index in [0.717, 1.165) is 50.7 Å². The minimum atomic E-state index is 0. The molecule has 0 heterocycles. The van der Waals surface area contributed by atoms with Crippen LogP contribution in [0, 0.1) is 0 Å². The Morgan fingerprint density at radius 2 is 0.247 bits per heavy atom. The van der Waals surface area contributed by atoms with Crippen LogP contribution in [0.2, 0.25) is 0 Å². The summed E-state index contributed by atoms with van der Waals surface area (Å²) in [7, 11) is 0. The Morgan fingerprint density at radius 1 is 0.156 bits per heavy atom. The second kappa shape index (κ2) is 91.5. The van der Waals surface area contributed by atoms with Gasteiger partial charge < -0.3 is 20.4 Å². The summed E-state index contributed by atoms with van der Waals surface area (Å²) in [5.74, 6) is 0. The summed E-state index contributed by atoms with van der Waals surface area (Å²) < 4.78 is 0. The molecule has 0 spiro atoms. The van der Waals surface area contributed by atoms with Gasteiger partial charge in [0.15, 0.2) is 0 Å². The van der Waals surface area contributed by atoms with Gasteiger partial charge in [-0.15, -0.1) is 0 Å². The fourth-order valence-corrected chi connectivity index (χ4v) is 10.1. The second-order valence-electron chi connectivity index (χ2n) is 23.0. The van der Waals surface area contributed by atoms with E-state index in [1.807, 2.05) is 0 Å². The Balaban J connectivity index is -0.000000298. The van der Waals surface area contributed by atoms with Gasteiger partial charge in [-0.2, -0.15) is 25.0 Å². The largest absolute Gasteiger partial charge is 4.00 e. The molecule has 0 aromatic heterocycles. The molecular weight excluding hydrogens is 1020 g/mol. The Labute approximate surface area is 505 Å². The standard InChI is InChI=1S/4C18H36O.Zr/c4*1-2-3-4-5-6-7-8-9-10-11-12-13-14-15-16-17-18-19;/h4*17-19H,2-16H2,1H3;/q;;;;+4/p-4. The smallest absolute Gasteiger partial charge is 0.878 e. The van der Waals surface area contributed by atoms with Gasteiger partial charge >= 0.3 is 26.2 Å². The molecule has 456 valence electrons. The van der Waals surface area contributed by atoms with Crippen molar-refractivity contribution in [1.29, 1.82) is 0 Å². The Kier molecular flexibility index (Phi) is 101. The van der Waals surface area contributed by atoms with E-state index in [0.29, 0.717) is 0 Å². The van der Waals surface area contributed by atoms with Gasteiger partial charge in [-0.1, -0.05) is 386 Å². The molecule has 0 N–H and O–H groups in total. The van der Waals surface area contributed by atoms with E-state index in [1.165, 1.54) is 360 Å². The van der Waals surface area contributed by atoms with Crippen LogP contribution >= 0.6 is 0 Å². The summed E-state index contributed by atoms with van der Waals surface area (Å²) in [5.41, 5.74) is 0. The summed E-state index contributed by atoms with van der Waals surface area (Å²) in [6, 6.07) is 0. The second-order valence-corrected chi connectivity index (χ2v) is 23.0. The zero-order chi connectivity index (χ0) is 56.1. The van der Waals surface area contributed by atoms with Gasteiger partial charge in [0.05, 0.1) is 0 Å². The zero-order valence-corrected chi connectivity index (χ0v) is 55.6. The molecule has 0 aromatic carbocycles. The maximum atomic E-state index is 10.1. The minimum absolute atomic E-state index is 0. The van der Waals surface area contributed by atoms with Crippen LogP contribution in [0.25, 0.3) is 0 Å². The average Bonchev–Trinajstić information content (AvgIpc) is 3.43. The van der Waals surface area contributed by atoms with Gasteiger partial charge in [-0.3, -0.25) is 0 Å². The van der Waals surface area contributed by atoms with Crippen molar-refractivity contribution in [2.45, 2.75) is 413 Å². The average molecular weight is 1160 g/mol. The van der Waals surface area contributed by atoms with E-state index >= 15 is 0 Å². The molecule has 0 atom stereocenters. The van der Waals surface area contributed by atoms with E-state index < -0.39 is 0 Å². The first-order valence-corrected chi connectivity index (χ1v) is 34.7. The third-order valence-corrected chi connectivity index (χ3v) is 15.3. The van der Waals surface area contributed by atoms with Gasteiger partial charge in [0.2, 0.25) is 0 Å². The van der Waals surface area contributed by atoms with Crippen LogP contribution < -0.4 is 20.4 Å². The number of unbranched alkanes of at least 4 members (excludes halogenated alkanes) is 56. The van der Waals surface area contributed by atoms with Crippen molar-refractivity contribution < 1.29 is 46.6 Å². The molecule has 0 fully saturated rings. The first-order valence-electron chi connectivity index (χ1n) is 34.7. The van der Waals surface area contributed by atoms with E-state index in [9.17, 15) is 20.4 Å². The molecule has 0 rings (SSSR count). The van der Waals surface area contributed by atoms with Crippen LogP contribution in [0.4, 0.5) is 0 Å². The molecule has 4 nitrogen and oxygen atoms in total. The molecule has 0 amide bonds. The van der Waals surface area contributed by atoms with Crippen LogP contribution in [0.15, 0.2) is 49.4 Å². The Morgan fingerprint density at radius 3 is 0.338 bits per heavy atom. The first kappa shape index (κ1) is 84.8. The molecule has 77 heavy (non-hydrogen) atoms. The zero-order valence-electron chi connectivity index (χ0n) is 53.2. The maximum Gasteiger partial charge on any atom is 4.00 e. The summed E-state index contributed by atoms with van der Waals surface area (Å²) in [4.78, 5) is 0. The number of hydrogen-bond acceptors (Lipinski definition) is 4. The predicted octanol–water partition coefficient (Wildman–Crippen LogP) is 22.9. The monoisotopic (exact) mass is 1160 g/mol. The summed E-state index contributed by atoms with van der Waals surface area (Å²) >= 11 is 0. The molecule has 0 aliphatic carbocycles. The molecule has 0 aliphatic heterocycles. The third-order valence-electron chi connectivity index (χ3n) is 15.3. The van der Waals surface area contributed by atoms with Crippen molar-refractivity contribution >= 4 is 0 Å². The van der Waals surface area contributed by atoms with Crippen LogP contribution in [0.1, 0.15) is 413 Å². The molecule has 0 aliphatic rings. The molecule has 0 saturated carbocycles. The predicted molar refractivity (Wildman–Crippen MR) is 336 cm³/mol. The van der Waals surface area contributed by atoms with Crippen LogP contribution in [0.3, 0.4) is 0 Å². The first-order chi connectivity index (χ1) is 37.7. The van der Waals surface area contributed by atoms with Gasteiger partial charge in [0.1, 0.15) is 0 Å². The quantitative estimate of drug-likeness (QED) is 0.0448. The molecule has 0 aromatic rings. The molecule has 5 heteroatoms. The number of hydrogen-bond donors (Lipinski definition) is 0. The topological polar surface area (TPSA) is 92.2 Å². The summed E-state index contributed by atoms with van der Waals surface area (Å²) in [6.45, 7) is 9.11. The Hall–Kier alpha value is -0.957. The van der Waals surface area contributed by atoms with E-state index in [-0.39, 0.29) is 26.2 Å². The fourth-order valence-electron chi connectivity index (χ4n) is 10.1. The minimum Gasteiger partial charge on any atom is -0.878 e. The SMILES string of the molecule is CCCCCCCCCCCCCCCCC=C[O-].CCCCCCCCCCCCCCCCC=C[O-].CCCCCCCCCCCCCCCCC=C[O-].CCCCCCCCCCCCCCCCC=C[O-].[Zr+4]. The maximum absolute atomic E-state index is 10.1. The van der Waals surface area contributed by atoms with Crippen molar-refractivity contribution in [2.75, 3.05) is 0 Å². The van der Waals surface area contributed by atoms with E-state index in [1.54, 1.807) is 24.3 Å². The van der Waals surface area contributed by atoms with Crippen LogP contribution in [0.5, 0.6) is 0 Å². The van der Waals surface area contributed by atoms with E-state index in [4.69, 9.17) is 0 Å². The van der Waals surface area contributed by atoms with Crippen LogP contribution in [-0.2, 0) is 26.2 Å². The normalized spacial score (nSPS) is 11.3. The number of allylic oxidation sites excluding steroid dienone is 4. The third kappa shape index (κ3) is 101. The van der Waals surface area contributed by atoms with Crippen molar-refractivity contribution in [2.24, 2.45) is 0 Å². The fraction of sp³-hybridized carbons (Fsp3) is 0.889. The van der Waals surface area contributed by atoms with Gasteiger partial charge in [0, 0.05) is 0 Å².